The number of nitrogens with zero attached hydrogens (tertiary/aromatic N) is 3. The van der Waals surface area contributed by atoms with Crippen molar-refractivity contribution < 1.29 is 9.32 Å². The molecule has 0 radical (unpaired) electrons. The van der Waals surface area contributed by atoms with Gasteiger partial charge in [0.05, 0.1) is 5.69 Å². The molecule has 1 spiro atoms. The summed E-state index contributed by atoms with van der Waals surface area (Å²) in [5.41, 5.74) is 2.53. The van der Waals surface area contributed by atoms with Crippen LogP contribution in [0.3, 0.4) is 0 Å². The predicted octanol–water partition coefficient (Wildman–Crippen LogP) is 2.17. The monoisotopic (exact) mass is 404 g/mol. The Morgan fingerprint density at radius 2 is 1.85 bits per heavy atom. The molecule has 1 aliphatic carbocycles. The number of nitrogens with one attached hydrogen (secondary N) is 1. The minimum absolute atomic E-state index is 0. The largest absolute Gasteiger partial charge is 0.361 e. The van der Waals surface area contributed by atoms with Gasteiger partial charge in [-0.3, -0.25) is 9.69 Å². The molecule has 1 N–H and O–H groups in total. The number of aryl methyl sites for hydroxylation is 2. The van der Waals surface area contributed by atoms with E-state index in [1.165, 1.54) is 18.4 Å². The summed E-state index contributed by atoms with van der Waals surface area (Å²) in [4.78, 5) is 17.3. The molecule has 0 aromatic carbocycles. The van der Waals surface area contributed by atoms with E-state index in [1.807, 2.05) is 13.8 Å². The van der Waals surface area contributed by atoms with Gasteiger partial charge in [0.2, 0.25) is 5.91 Å². The van der Waals surface area contributed by atoms with E-state index in [1.54, 1.807) is 0 Å². The van der Waals surface area contributed by atoms with Gasteiger partial charge in [-0.1, -0.05) is 5.16 Å². The van der Waals surface area contributed by atoms with E-state index in [0.29, 0.717) is 17.2 Å². The molecule has 4 rings (SSSR count). The Balaban J connectivity index is 0.00000121. The molecule has 6 nitrogen and oxygen atoms in total. The van der Waals surface area contributed by atoms with Gasteiger partial charge in [-0.15, -0.1) is 24.8 Å². The lowest BCUT2D eigenvalue weighted by Gasteiger charge is -2.35. The van der Waals surface area contributed by atoms with Gasteiger partial charge in [-0.25, -0.2) is 0 Å². The Kier molecular flexibility index (Phi) is 6.99. The lowest BCUT2D eigenvalue weighted by Crippen LogP contribution is -2.49. The van der Waals surface area contributed by atoms with Crippen LogP contribution in [0.4, 0.5) is 0 Å². The van der Waals surface area contributed by atoms with Crippen molar-refractivity contribution in [2.75, 3.05) is 39.3 Å². The summed E-state index contributed by atoms with van der Waals surface area (Å²) >= 11 is 0. The summed E-state index contributed by atoms with van der Waals surface area (Å²) in [6.07, 6.45) is 3.47. The molecule has 148 valence electrons. The average molecular weight is 405 g/mol. The summed E-state index contributed by atoms with van der Waals surface area (Å²) in [7, 11) is 0. The molecule has 26 heavy (non-hydrogen) atoms. The van der Waals surface area contributed by atoms with Crippen LogP contribution < -0.4 is 5.32 Å². The maximum atomic E-state index is 12.8. The fraction of sp³-hybridized carbons (Fsp3) is 0.778. The number of piperidine rings is 1. The number of rotatable bonds is 3. The molecule has 8 heteroatoms. The van der Waals surface area contributed by atoms with Gasteiger partial charge < -0.3 is 14.7 Å². The highest BCUT2D eigenvalue weighted by atomic mass is 35.5. The average Bonchev–Trinajstić information content (AvgIpc) is 3.20. The summed E-state index contributed by atoms with van der Waals surface area (Å²) in [5, 5.41) is 7.44. The maximum absolute atomic E-state index is 12.8. The number of carbonyl (C=O) groups is 1. The van der Waals surface area contributed by atoms with Crippen molar-refractivity contribution in [3.05, 3.63) is 17.0 Å². The predicted molar refractivity (Wildman–Crippen MR) is 105 cm³/mol. The van der Waals surface area contributed by atoms with Gasteiger partial charge in [0.25, 0.3) is 0 Å². The summed E-state index contributed by atoms with van der Waals surface area (Å²) < 4.78 is 5.25. The molecule has 1 aromatic rings. The molecule has 2 aliphatic heterocycles. The van der Waals surface area contributed by atoms with Crippen LogP contribution >= 0.6 is 24.8 Å². The quantitative estimate of drug-likeness (QED) is 0.835. The van der Waals surface area contributed by atoms with Crippen LogP contribution in [-0.4, -0.2) is 60.1 Å². The molecule has 1 aromatic heterocycles. The molecule has 1 saturated carbocycles. The molecule has 3 heterocycles. The molecule has 2 saturated heterocycles. The molecule has 3 aliphatic rings. The first-order chi connectivity index (χ1) is 11.6. The number of piperazine rings is 1. The number of halogens is 2. The third-order valence-electron chi connectivity index (χ3n) is 6.33. The summed E-state index contributed by atoms with van der Waals surface area (Å²) in [6.45, 7) is 10.6. The Morgan fingerprint density at radius 3 is 2.42 bits per heavy atom. The van der Waals surface area contributed by atoms with Gasteiger partial charge in [0.15, 0.2) is 0 Å². The first kappa shape index (κ1) is 21.5. The molecular weight excluding hydrogens is 375 g/mol. The molecule has 1 amide bonds. The van der Waals surface area contributed by atoms with E-state index < -0.39 is 0 Å². The van der Waals surface area contributed by atoms with E-state index in [9.17, 15) is 4.79 Å². The van der Waals surface area contributed by atoms with Crippen molar-refractivity contribution in [2.24, 2.45) is 11.3 Å². The Bertz CT molecular complexity index is 603. The Morgan fingerprint density at radius 1 is 1.19 bits per heavy atom. The number of aromatic nitrogens is 1. The van der Waals surface area contributed by atoms with Crippen LogP contribution in [0, 0.1) is 25.2 Å². The van der Waals surface area contributed by atoms with Crippen LogP contribution in [0.25, 0.3) is 0 Å². The minimum atomic E-state index is 0. The van der Waals surface area contributed by atoms with E-state index in [4.69, 9.17) is 4.52 Å². The zero-order valence-corrected chi connectivity index (χ0v) is 17.3. The fourth-order valence-corrected chi connectivity index (χ4v) is 4.47. The van der Waals surface area contributed by atoms with Crippen LogP contribution in [0.5, 0.6) is 0 Å². The number of hydrogen-bond donors (Lipinski definition) is 1. The highest BCUT2D eigenvalue weighted by Gasteiger charge is 2.58. The van der Waals surface area contributed by atoms with Crippen molar-refractivity contribution in [1.29, 1.82) is 0 Å². The Labute approximate surface area is 167 Å². The van der Waals surface area contributed by atoms with Gasteiger partial charge >= 0.3 is 0 Å². The normalized spacial score (nSPS) is 24.7. The van der Waals surface area contributed by atoms with Crippen LogP contribution in [0.1, 0.15) is 36.3 Å². The SMILES string of the molecule is Cc1noc(C)c1CN1CCN(C(=O)C2CC23CCNCC3)CC1.Cl.Cl. The second kappa shape index (κ2) is 8.46. The van der Waals surface area contributed by atoms with Gasteiger partial charge in [0.1, 0.15) is 5.76 Å². The lowest BCUT2D eigenvalue weighted by atomic mass is 9.91. The summed E-state index contributed by atoms with van der Waals surface area (Å²) in [5.74, 6) is 1.62. The van der Waals surface area contributed by atoms with Crippen LogP contribution in [0.15, 0.2) is 4.52 Å². The number of hydrogen-bond acceptors (Lipinski definition) is 5. The molecular formula is C18H30Cl2N4O2. The highest BCUT2D eigenvalue weighted by Crippen LogP contribution is 2.59. The third-order valence-corrected chi connectivity index (χ3v) is 6.33. The van der Waals surface area contributed by atoms with Crippen molar-refractivity contribution in [1.82, 2.24) is 20.3 Å². The van der Waals surface area contributed by atoms with E-state index in [-0.39, 0.29) is 24.8 Å². The second-order valence-corrected chi connectivity index (χ2v) is 7.77. The van der Waals surface area contributed by atoms with Gasteiger partial charge in [0, 0.05) is 44.2 Å². The zero-order chi connectivity index (χ0) is 16.7. The van der Waals surface area contributed by atoms with Gasteiger partial charge in [-0.2, -0.15) is 0 Å². The van der Waals surface area contributed by atoms with E-state index >= 15 is 0 Å². The zero-order valence-electron chi connectivity index (χ0n) is 15.6. The number of carbonyl (C=O) groups excluding carboxylic acids is 1. The summed E-state index contributed by atoms with van der Waals surface area (Å²) in [6, 6.07) is 0. The van der Waals surface area contributed by atoms with Crippen molar-refractivity contribution in [3.8, 4) is 0 Å². The molecule has 3 fully saturated rings. The van der Waals surface area contributed by atoms with Crippen molar-refractivity contribution in [2.45, 2.75) is 39.7 Å². The lowest BCUT2D eigenvalue weighted by molar-refractivity contribution is -0.135. The smallest absolute Gasteiger partial charge is 0.226 e. The topological polar surface area (TPSA) is 61.6 Å². The minimum Gasteiger partial charge on any atom is -0.361 e. The van der Waals surface area contributed by atoms with E-state index in [2.05, 4.69) is 20.3 Å². The first-order valence-electron chi connectivity index (χ1n) is 9.23. The van der Waals surface area contributed by atoms with Crippen molar-refractivity contribution >= 4 is 30.7 Å². The maximum Gasteiger partial charge on any atom is 0.226 e. The highest BCUT2D eigenvalue weighted by molar-refractivity contribution is 5.85. The van der Waals surface area contributed by atoms with Gasteiger partial charge in [-0.05, 0) is 51.6 Å². The van der Waals surface area contributed by atoms with Crippen molar-refractivity contribution in [3.63, 3.8) is 0 Å². The Hall–Kier alpha value is -0.820. The van der Waals surface area contributed by atoms with Crippen LogP contribution in [-0.2, 0) is 11.3 Å². The standard InChI is InChI=1S/C18H28N4O2.2ClH/c1-13-15(14(2)24-20-13)12-21-7-9-22(10-8-21)17(23)16-11-18(16)3-5-19-6-4-18;;/h16,19H,3-12H2,1-2H3;2*1H. The molecule has 0 bridgehead atoms. The third kappa shape index (κ3) is 4.03. The first-order valence-corrected chi connectivity index (χ1v) is 9.23. The van der Waals surface area contributed by atoms with Crippen LogP contribution in [0.2, 0.25) is 0 Å². The number of amides is 1. The molecule has 1 atom stereocenters. The van der Waals surface area contributed by atoms with E-state index in [0.717, 1.165) is 63.7 Å². The molecule has 1 unspecified atom stereocenters. The fourth-order valence-electron chi connectivity index (χ4n) is 4.47. The second-order valence-electron chi connectivity index (χ2n) is 7.77.